The molecule has 6 heteroatoms. The Labute approximate surface area is 211 Å². The summed E-state index contributed by atoms with van der Waals surface area (Å²) in [6.45, 7) is 7.59. The number of rotatable bonds is 18. The molecule has 0 radical (unpaired) electrons. The second-order valence-corrected chi connectivity index (χ2v) is 9.64. The van der Waals surface area contributed by atoms with Crippen molar-refractivity contribution >= 4 is 12.1 Å². The minimum absolute atomic E-state index is 0.465. The standard InChI is InChI=1S/C29H45N3O3/c1-3-5-7-9-11-13-18-34-25-20-24(21-26(22-25)35-19-14-12-10-8-6-4-2)28-31-27(23-33)29-30-16-15-17-32(28)29/h20-23,30H,3-19H2,1-2H3. The lowest BCUT2D eigenvalue weighted by Gasteiger charge is -2.19. The molecule has 0 amide bonds. The summed E-state index contributed by atoms with van der Waals surface area (Å²) in [6.07, 6.45) is 16.7. The molecular formula is C29H45N3O3. The number of anilines is 1. The van der Waals surface area contributed by atoms with E-state index in [1.807, 2.05) is 18.2 Å². The highest BCUT2D eigenvalue weighted by Crippen LogP contribution is 2.33. The van der Waals surface area contributed by atoms with Gasteiger partial charge in [-0.25, -0.2) is 4.98 Å². The summed E-state index contributed by atoms with van der Waals surface area (Å²) in [5, 5.41) is 3.33. The number of ether oxygens (including phenoxy) is 2. The van der Waals surface area contributed by atoms with Crippen molar-refractivity contribution in [1.82, 2.24) is 9.55 Å². The first-order valence-electron chi connectivity index (χ1n) is 14.0. The van der Waals surface area contributed by atoms with Gasteiger partial charge in [0.05, 0.1) is 13.2 Å². The molecule has 194 valence electrons. The monoisotopic (exact) mass is 483 g/mol. The molecule has 0 spiro atoms. The summed E-state index contributed by atoms with van der Waals surface area (Å²) in [6, 6.07) is 6.07. The second-order valence-electron chi connectivity index (χ2n) is 9.64. The molecular weight excluding hydrogens is 438 g/mol. The van der Waals surface area contributed by atoms with Crippen LogP contribution in [0.25, 0.3) is 11.4 Å². The van der Waals surface area contributed by atoms with Gasteiger partial charge >= 0.3 is 0 Å². The molecule has 0 saturated carbocycles. The van der Waals surface area contributed by atoms with Crippen LogP contribution in [0.5, 0.6) is 11.5 Å². The van der Waals surface area contributed by atoms with Crippen LogP contribution in [-0.4, -0.2) is 35.6 Å². The van der Waals surface area contributed by atoms with Crippen molar-refractivity contribution in [3.8, 4) is 22.9 Å². The lowest BCUT2D eigenvalue weighted by atomic mass is 10.1. The van der Waals surface area contributed by atoms with Gasteiger partial charge in [-0.15, -0.1) is 0 Å². The number of fused-ring (bicyclic) bond motifs is 1. The number of aromatic nitrogens is 2. The molecule has 1 aromatic heterocycles. The van der Waals surface area contributed by atoms with Gasteiger partial charge in [0.15, 0.2) is 6.29 Å². The van der Waals surface area contributed by atoms with Crippen LogP contribution in [0.15, 0.2) is 18.2 Å². The molecule has 3 rings (SSSR count). The van der Waals surface area contributed by atoms with Crippen molar-refractivity contribution in [2.24, 2.45) is 0 Å². The molecule has 0 saturated heterocycles. The first kappa shape index (κ1) is 27.1. The number of carbonyl (C=O) groups is 1. The maximum absolute atomic E-state index is 11.6. The highest BCUT2D eigenvalue weighted by atomic mass is 16.5. The van der Waals surface area contributed by atoms with Gasteiger partial charge in [0, 0.05) is 24.7 Å². The molecule has 1 aromatic carbocycles. The molecule has 1 aliphatic rings. The maximum atomic E-state index is 11.6. The predicted octanol–water partition coefficient (Wildman–Crippen LogP) is 7.66. The zero-order valence-electron chi connectivity index (χ0n) is 21.9. The Hall–Kier alpha value is -2.50. The van der Waals surface area contributed by atoms with Crippen molar-refractivity contribution in [2.75, 3.05) is 25.1 Å². The Morgan fingerprint density at radius 2 is 1.43 bits per heavy atom. The zero-order valence-corrected chi connectivity index (χ0v) is 21.9. The van der Waals surface area contributed by atoms with E-state index in [0.717, 1.165) is 67.3 Å². The van der Waals surface area contributed by atoms with Gasteiger partial charge in [-0.05, 0) is 31.4 Å². The minimum Gasteiger partial charge on any atom is -0.493 e. The molecule has 0 unspecified atom stereocenters. The van der Waals surface area contributed by atoms with Crippen LogP contribution in [0, 0.1) is 0 Å². The van der Waals surface area contributed by atoms with Crippen LogP contribution >= 0.6 is 0 Å². The number of hydrogen-bond acceptors (Lipinski definition) is 5. The molecule has 2 aromatic rings. The van der Waals surface area contributed by atoms with Gasteiger partial charge in [-0.2, -0.15) is 0 Å². The summed E-state index contributed by atoms with van der Waals surface area (Å²) >= 11 is 0. The number of unbranched alkanes of at least 4 members (excludes halogenated alkanes) is 10. The summed E-state index contributed by atoms with van der Waals surface area (Å²) in [5.74, 6) is 3.23. The number of nitrogens with zero attached hydrogens (tertiary/aromatic N) is 2. The number of benzene rings is 1. The molecule has 0 atom stereocenters. The Kier molecular flexibility index (Phi) is 12.0. The zero-order chi connectivity index (χ0) is 24.7. The minimum atomic E-state index is 0.465. The van der Waals surface area contributed by atoms with E-state index in [1.54, 1.807) is 0 Å². The SMILES string of the molecule is CCCCCCCCOc1cc(OCCCCCCCC)cc(-c2nc(C=O)c3n2CCCN3)c1. The molecule has 0 aliphatic carbocycles. The summed E-state index contributed by atoms with van der Waals surface area (Å²) < 4.78 is 14.4. The van der Waals surface area contributed by atoms with E-state index in [0.29, 0.717) is 18.9 Å². The van der Waals surface area contributed by atoms with Gasteiger partial charge < -0.3 is 19.4 Å². The normalized spacial score (nSPS) is 12.7. The molecule has 1 aliphatic heterocycles. The summed E-state index contributed by atoms with van der Waals surface area (Å²) in [5.41, 5.74) is 1.40. The fraction of sp³-hybridized carbons (Fsp3) is 0.655. The third-order valence-electron chi connectivity index (χ3n) is 6.63. The molecule has 2 heterocycles. The van der Waals surface area contributed by atoms with Crippen molar-refractivity contribution in [1.29, 1.82) is 0 Å². The summed E-state index contributed by atoms with van der Waals surface area (Å²) in [4.78, 5) is 16.3. The fourth-order valence-electron chi connectivity index (χ4n) is 4.63. The van der Waals surface area contributed by atoms with E-state index < -0.39 is 0 Å². The third kappa shape index (κ3) is 8.59. The quantitative estimate of drug-likeness (QED) is 0.174. The van der Waals surface area contributed by atoms with Crippen LogP contribution < -0.4 is 14.8 Å². The third-order valence-corrected chi connectivity index (χ3v) is 6.63. The molecule has 6 nitrogen and oxygen atoms in total. The van der Waals surface area contributed by atoms with Crippen molar-refractivity contribution in [3.63, 3.8) is 0 Å². The molecule has 0 bridgehead atoms. The second kappa shape index (κ2) is 15.5. The van der Waals surface area contributed by atoms with E-state index in [9.17, 15) is 4.79 Å². The molecule has 1 N–H and O–H groups in total. The largest absolute Gasteiger partial charge is 0.493 e. The van der Waals surface area contributed by atoms with Crippen molar-refractivity contribution < 1.29 is 14.3 Å². The lowest BCUT2D eigenvalue weighted by Crippen LogP contribution is -2.18. The smallest absolute Gasteiger partial charge is 0.172 e. The average Bonchev–Trinajstić information content (AvgIpc) is 3.26. The first-order valence-corrected chi connectivity index (χ1v) is 14.0. The maximum Gasteiger partial charge on any atom is 0.172 e. The number of hydrogen-bond donors (Lipinski definition) is 1. The van der Waals surface area contributed by atoms with Crippen LogP contribution in [0.2, 0.25) is 0 Å². The first-order chi connectivity index (χ1) is 17.3. The Bertz CT molecular complexity index is 857. The summed E-state index contributed by atoms with van der Waals surface area (Å²) in [7, 11) is 0. The van der Waals surface area contributed by atoms with Crippen LogP contribution in [0.3, 0.4) is 0 Å². The van der Waals surface area contributed by atoms with Crippen LogP contribution in [0.4, 0.5) is 5.82 Å². The van der Waals surface area contributed by atoms with Gasteiger partial charge in [-0.1, -0.05) is 78.1 Å². The van der Waals surface area contributed by atoms with Gasteiger partial charge in [-0.3, -0.25) is 4.79 Å². The highest BCUT2D eigenvalue weighted by Gasteiger charge is 2.21. The van der Waals surface area contributed by atoms with Crippen LogP contribution in [-0.2, 0) is 6.54 Å². The van der Waals surface area contributed by atoms with E-state index >= 15 is 0 Å². The number of aldehydes is 1. The van der Waals surface area contributed by atoms with E-state index in [1.165, 1.54) is 64.2 Å². The molecule has 0 fully saturated rings. The van der Waals surface area contributed by atoms with Crippen LogP contribution in [0.1, 0.15) is 108 Å². The topological polar surface area (TPSA) is 65.4 Å². The highest BCUT2D eigenvalue weighted by molar-refractivity contribution is 5.83. The molecule has 35 heavy (non-hydrogen) atoms. The number of imidazole rings is 1. The number of carbonyl (C=O) groups excluding carboxylic acids is 1. The van der Waals surface area contributed by atoms with E-state index in [-0.39, 0.29) is 0 Å². The fourth-order valence-corrected chi connectivity index (χ4v) is 4.63. The van der Waals surface area contributed by atoms with Gasteiger partial charge in [0.1, 0.15) is 28.8 Å². The van der Waals surface area contributed by atoms with E-state index in [4.69, 9.17) is 9.47 Å². The number of nitrogens with one attached hydrogen (secondary N) is 1. The van der Waals surface area contributed by atoms with Crippen molar-refractivity contribution in [2.45, 2.75) is 104 Å². The van der Waals surface area contributed by atoms with Crippen molar-refractivity contribution in [3.05, 3.63) is 23.9 Å². The Balaban J connectivity index is 1.68. The predicted molar refractivity (Wildman–Crippen MR) is 144 cm³/mol. The Morgan fingerprint density at radius 3 is 2.00 bits per heavy atom. The van der Waals surface area contributed by atoms with Gasteiger partial charge in [0.25, 0.3) is 0 Å². The Morgan fingerprint density at radius 1 is 0.857 bits per heavy atom. The van der Waals surface area contributed by atoms with E-state index in [2.05, 4.69) is 28.7 Å². The average molecular weight is 484 g/mol. The lowest BCUT2D eigenvalue weighted by molar-refractivity contribution is 0.112. The van der Waals surface area contributed by atoms with Gasteiger partial charge in [0.2, 0.25) is 0 Å².